The lowest BCUT2D eigenvalue weighted by Crippen LogP contribution is -2.39. The number of hydrogen-bond donors (Lipinski definition) is 0. The first-order valence-corrected chi connectivity index (χ1v) is 13.2. The first-order valence-electron chi connectivity index (χ1n) is 12.4. The van der Waals surface area contributed by atoms with Crippen molar-refractivity contribution in [1.29, 1.82) is 0 Å². The highest BCUT2D eigenvalue weighted by Crippen LogP contribution is 2.33. The Morgan fingerprint density at radius 3 is 2.60 bits per heavy atom. The molecule has 0 N–H and O–H groups in total. The molecule has 1 aliphatic heterocycles. The Kier molecular flexibility index (Phi) is 7.22. The van der Waals surface area contributed by atoms with E-state index in [4.69, 9.17) is 13.9 Å². The third-order valence-electron chi connectivity index (χ3n) is 6.62. The fourth-order valence-electron chi connectivity index (χ4n) is 4.69. The first-order chi connectivity index (χ1) is 19.2. The van der Waals surface area contributed by atoms with Crippen molar-refractivity contribution in [2.24, 2.45) is 4.99 Å². The number of aromatic nitrogens is 1. The maximum atomic E-state index is 13.8. The van der Waals surface area contributed by atoms with Crippen molar-refractivity contribution < 1.29 is 23.6 Å². The number of ether oxygens (including phenoxy) is 2. The molecular weight excluding hydrogens is 534 g/mol. The number of nitro groups is 1. The molecule has 10 nitrogen and oxygen atoms in total. The van der Waals surface area contributed by atoms with Crippen molar-refractivity contribution in [2.45, 2.75) is 26.8 Å². The van der Waals surface area contributed by atoms with Crippen LogP contribution >= 0.6 is 11.3 Å². The Hall–Kier alpha value is -4.77. The number of furan rings is 1. The van der Waals surface area contributed by atoms with Gasteiger partial charge >= 0.3 is 5.97 Å². The van der Waals surface area contributed by atoms with Crippen LogP contribution < -0.4 is 19.6 Å². The van der Waals surface area contributed by atoms with Gasteiger partial charge in [0.1, 0.15) is 17.3 Å². The van der Waals surface area contributed by atoms with Gasteiger partial charge < -0.3 is 13.9 Å². The van der Waals surface area contributed by atoms with Crippen LogP contribution in [0.15, 0.2) is 80.1 Å². The molecule has 0 saturated carbocycles. The fourth-order valence-corrected chi connectivity index (χ4v) is 5.71. The van der Waals surface area contributed by atoms with Crippen molar-refractivity contribution in [2.75, 3.05) is 13.7 Å². The Bertz CT molecular complexity index is 1850. The van der Waals surface area contributed by atoms with Crippen molar-refractivity contribution in [3.05, 3.63) is 113 Å². The molecule has 204 valence electrons. The largest absolute Gasteiger partial charge is 0.497 e. The Labute approximate surface area is 232 Å². The highest BCUT2D eigenvalue weighted by molar-refractivity contribution is 7.07. The number of carbonyl (C=O) groups excluding carboxylic acids is 1. The lowest BCUT2D eigenvalue weighted by atomic mass is 9.96. The summed E-state index contributed by atoms with van der Waals surface area (Å²) in [4.78, 5) is 42.7. The van der Waals surface area contributed by atoms with Gasteiger partial charge in [0.05, 0.1) is 40.5 Å². The predicted molar refractivity (Wildman–Crippen MR) is 149 cm³/mol. The van der Waals surface area contributed by atoms with Gasteiger partial charge in [-0.2, -0.15) is 0 Å². The van der Waals surface area contributed by atoms with Crippen LogP contribution in [0.1, 0.15) is 36.8 Å². The molecule has 0 radical (unpaired) electrons. The summed E-state index contributed by atoms with van der Waals surface area (Å²) in [6.45, 7) is 5.29. The minimum absolute atomic E-state index is 0.00457. The molecule has 40 heavy (non-hydrogen) atoms. The highest BCUT2D eigenvalue weighted by Gasteiger charge is 2.33. The summed E-state index contributed by atoms with van der Waals surface area (Å²) in [5.74, 6) is 0.939. The molecule has 5 rings (SSSR count). The van der Waals surface area contributed by atoms with Gasteiger partial charge in [-0.05, 0) is 50.6 Å². The molecule has 2 aromatic carbocycles. The van der Waals surface area contributed by atoms with Crippen LogP contribution in [-0.4, -0.2) is 29.2 Å². The van der Waals surface area contributed by atoms with E-state index in [0.717, 1.165) is 0 Å². The SMILES string of the molecule is CCOC(=O)C1=C(C)N=c2s/c(=C\c3ccc(-c4cccc([N+](=O)[O-])c4C)o3)c(=O)n2[C@H]1c1ccc(OC)cc1. The van der Waals surface area contributed by atoms with Crippen LogP contribution in [0.2, 0.25) is 0 Å². The van der Waals surface area contributed by atoms with E-state index in [-0.39, 0.29) is 23.4 Å². The summed E-state index contributed by atoms with van der Waals surface area (Å²) < 4.78 is 18.4. The summed E-state index contributed by atoms with van der Waals surface area (Å²) in [5.41, 5.74) is 2.17. The minimum atomic E-state index is -0.747. The van der Waals surface area contributed by atoms with Gasteiger partial charge in [-0.1, -0.05) is 35.6 Å². The molecule has 0 aliphatic carbocycles. The molecule has 11 heteroatoms. The van der Waals surface area contributed by atoms with Gasteiger partial charge in [0, 0.05) is 23.3 Å². The zero-order valence-electron chi connectivity index (χ0n) is 22.2. The molecule has 0 amide bonds. The van der Waals surface area contributed by atoms with Gasteiger partial charge in [0.25, 0.3) is 11.2 Å². The zero-order valence-corrected chi connectivity index (χ0v) is 23.0. The van der Waals surface area contributed by atoms with Crippen LogP contribution in [0, 0.1) is 17.0 Å². The molecule has 0 fully saturated rings. The van der Waals surface area contributed by atoms with Gasteiger partial charge in [-0.25, -0.2) is 9.79 Å². The van der Waals surface area contributed by atoms with Gasteiger partial charge in [0.2, 0.25) is 0 Å². The van der Waals surface area contributed by atoms with Crippen LogP contribution in [0.3, 0.4) is 0 Å². The third-order valence-corrected chi connectivity index (χ3v) is 7.60. The molecule has 0 spiro atoms. The van der Waals surface area contributed by atoms with Crippen molar-refractivity contribution >= 4 is 29.1 Å². The number of thiazole rings is 1. The van der Waals surface area contributed by atoms with E-state index in [0.29, 0.717) is 49.0 Å². The number of esters is 1. The number of carbonyl (C=O) groups is 1. The molecule has 4 aromatic rings. The molecular formula is C29H25N3O7S. The van der Waals surface area contributed by atoms with Gasteiger partial charge in [-0.15, -0.1) is 0 Å². The second-order valence-electron chi connectivity index (χ2n) is 8.98. The topological polar surface area (TPSA) is 126 Å². The number of methoxy groups -OCH3 is 1. The molecule has 1 aliphatic rings. The van der Waals surface area contributed by atoms with E-state index >= 15 is 0 Å². The lowest BCUT2D eigenvalue weighted by molar-refractivity contribution is -0.385. The number of nitrogens with zero attached hydrogens (tertiary/aromatic N) is 3. The average molecular weight is 560 g/mol. The smallest absolute Gasteiger partial charge is 0.338 e. The second kappa shape index (κ2) is 10.8. The molecule has 0 unspecified atom stereocenters. The fraction of sp³-hybridized carbons (Fsp3) is 0.207. The lowest BCUT2D eigenvalue weighted by Gasteiger charge is -2.24. The average Bonchev–Trinajstić information content (AvgIpc) is 3.52. The minimum Gasteiger partial charge on any atom is -0.497 e. The summed E-state index contributed by atoms with van der Waals surface area (Å²) in [7, 11) is 1.56. The second-order valence-corrected chi connectivity index (χ2v) is 9.99. The van der Waals surface area contributed by atoms with E-state index in [1.807, 2.05) is 0 Å². The van der Waals surface area contributed by atoms with E-state index in [1.54, 1.807) is 82.5 Å². The Morgan fingerprint density at radius 1 is 1.18 bits per heavy atom. The molecule has 2 aromatic heterocycles. The van der Waals surface area contributed by atoms with Gasteiger partial charge in [0.15, 0.2) is 4.80 Å². The number of allylic oxidation sites excluding steroid dienone is 1. The van der Waals surface area contributed by atoms with Crippen molar-refractivity contribution in [3.63, 3.8) is 0 Å². The first kappa shape index (κ1) is 26.8. The third kappa shape index (κ3) is 4.75. The quantitative estimate of drug-likeness (QED) is 0.188. The summed E-state index contributed by atoms with van der Waals surface area (Å²) >= 11 is 1.18. The van der Waals surface area contributed by atoms with E-state index in [2.05, 4.69) is 4.99 Å². The van der Waals surface area contributed by atoms with Crippen LogP contribution in [-0.2, 0) is 9.53 Å². The molecule has 1 atom stereocenters. The Morgan fingerprint density at radius 2 is 1.93 bits per heavy atom. The number of rotatable bonds is 7. The number of hydrogen-bond acceptors (Lipinski definition) is 9. The Balaban J connectivity index is 1.62. The number of benzene rings is 2. The summed E-state index contributed by atoms with van der Waals surface area (Å²) in [5, 5.41) is 11.4. The predicted octanol–water partition coefficient (Wildman–Crippen LogP) is 4.28. The van der Waals surface area contributed by atoms with Crippen molar-refractivity contribution in [3.8, 4) is 17.1 Å². The summed E-state index contributed by atoms with van der Waals surface area (Å²) in [6, 6.07) is 14.6. The van der Waals surface area contributed by atoms with Crippen molar-refractivity contribution in [1.82, 2.24) is 4.57 Å². The van der Waals surface area contributed by atoms with E-state index in [9.17, 15) is 19.7 Å². The maximum Gasteiger partial charge on any atom is 0.338 e. The maximum absolute atomic E-state index is 13.8. The van der Waals surface area contributed by atoms with Crippen LogP contribution in [0.5, 0.6) is 5.75 Å². The highest BCUT2D eigenvalue weighted by atomic mass is 32.1. The molecule has 0 bridgehead atoms. The number of fused-ring (bicyclic) bond motifs is 1. The number of nitro benzene ring substituents is 1. The van der Waals surface area contributed by atoms with Gasteiger partial charge in [-0.3, -0.25) is 19.5 Å². The van der Waals surface area contributed by atoms with Crippen LogP contribution in [0.4, 0.5) is 5.69 Å². The van der Waals surface area contributed by atoms with Crippen LogP contribution in [0.25, 0.3) is 17.4 Å². The zero-order chi connectivity index (χ0) is 28.6. The standard InChI is InChI=1S/C29H25N3O7S/c1-5-38-28(34)25-17(3)30-29-31(26(25)18-9-11-19(37-4)12-10-18)27(33)24(40-29)15-20-13-14-23(39-20)21-7-6-8-22(16(21)2)32(35)36/h6-15,26H,5H2,1-4H3/b24-15-/t26-/m0/s1. The monoisotopic (exact) mass is 559 g/mol. The normalized spacial score (nSPS) is 15.0. The summed E-state index contributed by atoms with van der Waals surface area (Å²) in [6.07, 6.45) is 1.61. The van der Waals surface area contributed by atoms with E-state index in [1.165, 1.54) is 22.0 Å². The molecule has 0 saturated heterocycles. The van der Waals surface area contributed by atoms with E-state index < -0.39 is 16.9 Å². The molecule has 3 heterocycles.